The first-order valence-corrected chi connectivity index (χ1v) is 12.9. The van der Waals surface area contributed by atoms with Crippen LogP contribution >= 0.6 is 11.6 Å². The van der Waals surface area contributed by atoms with Crippen molar-refractivity contribution in [1.29, 1.82) is 0 Å². The lowest BCUT2D eigenvalue weighted by molar-refractivity contribution is -0.149. The van der Waals surface area contributed by atoms with Crippen molar-refractivity contribution in [2.45, 2.75) is 44.4 Å². The molecule has 0 radical (unpaired) electrons. The van der Waals surface area contributed by atoms with Crippen molar-refractivity contribution in [2.75, 3.05) is 33.8 Å². The maximum absolute atomic E-state index is 13.4. The van der Waals surface area contributed by atoms with E-state index < -0.39 is 33.7 Å². The SMILES string of the molecule is COc1ccc(Cl)cc1S(=O)(=O)N(C)C[C@H](CC(C)C)[C@H](C(=O)NO)C(=O)N1CCCCC1. The van der Waals surface area contributed by atoms with Crippen LogP contribution in [0.3, 0.4) is 0 Å². The minimum absolute atomic E-state index is 0.0787. The van der Waals surface area contributed by atoms with Crippen molar-refractivity contribution in [3.05, 3.63) is 23.2 Å². The van der Waals surface area contributed by atoms with E-state index in [2.05, 4.69) is 0 Å². The molecule has 0 spiro atoms. The van der Waals surface area contributed by atoms with Crippen molar-refractivity contribution in [3.63, 3.8) is 0 Å². The van der Waals surface area contributed by atoms with Gasteiger partial charge in [0.15, 0.2) is 0 Å². The van der Waals surface area contributed by atoms with Crippen LogP contribution in [0.4, 0.5) is 0 Å². The summed E-state index contributed by atoms with van der Waals surface area (Å²) in [6, 6.07) is 4.30. The first-order valence-electron chi connectivity index (χ1n) is 11.1. The molecule has 11 heteroatoms. The Morgan fingerprint density at radius 2 is 1.88 bits per heavy atom. The molecule has 2 atom stereocenters. The second kappa shape index (κ2) is 12.0. The molecule has 186 valence electrons. The Morgan fingerprint density at radius 1 is 1.24 bits per heavy atom. The van der Waals surface area contributed by atoms with Crippen molar-refractivity contribution < 1.29 is 28.0 Å². The topological polar surface area (TPSA) is 116 Å². The third kappa shape index (κ3) is 6.81. The zero-order valence-electron chi connectivity index (χ0n) is 19.6. The molecule has 33 heavy (non-hydrogen) atoms. The molecular formula is C22H34ClN3O6S. The molecule has 1 saturated heterocycles. The van der Waals surface area contributed by atoms with E-state index in [-0.39, 0.29) is 28.1 Å². The number of rotatable bonds is 10. The Hall–Kier alpha value is -1.88. The molecule has 1 aromatic carbocycles. The molecule has 9 nitrogen and oxygen atoms in total. The lowest BCUT2D eigenvalue weighted by Gasteiger charge is -2.34. The van der Waals surface area contributed by atoms with Gasteiger partial charge in [-0.3, -0.25) is 14.8 Å². The summed E-state index contributed by atoms with van der Waals surface area (Å²) in [7, 11) is -1.29. The van der Waals surface area contributed by atoms with E-state index in [4.69, 9.17) is 16.3 Å². The highest BCUT2D eigenvalue weighted by atomic mass is 35.5. The second-order valence-corrected chi connectivity index (χ2v) is 11.3. The predicted molar refractivity (Wildman–Crippen MR) is 125 cm³/mol. The Morgan fingerprint density at radius 3 is 2.42 bits per heavy atom. The fourth-order valence-corrected chi connectivity index (χ4v) is 5.92. The van der Waals surface area contributed by atoms with E-state index in [1.54, 1.807) is 10.4 Å². The Balaban J connectivity index is 2.40. The van der Waals surface area contributed by atoms with Gasteiger partial charge in [-0.1, -0.05) is 25.4 Å². The van der Waals surface area contributed by atoms with Crippen LogP contribution in [0, 0.1) is 17.8 Å². The average Bonchev–Trinajstić information content (AvgIpc) is 2.78. The quantitative estimate of drug-likeness (QED) is 0.288. The third-order valence-electron chi connectivity index (χ3n) is 5.88. The number of nitrogens with one attached hydrogen (secondary N) is 1. The summed E-state index contributed by atoms with van der Waals surface area (Å²) in [5, 5.41) is 9.61. The van der Waals surface area contributed by atoms with Crippen molar-refractivity contribution in [2.24, 2.45) is 17.8 Å². The van der Waals surface area contributed by atoms with Crippen LogP contribution in [0.1, 0.15) is 39.5 Å². The Kier molecular flexibility index (Phi) is 9.96. The normalized spacial score (nSPS) is 16.5. The molecule has 2 rings (SSSR count). The summed E-state index contributed by atoms with van der Waals surface area (Å²) >= 11 is 6.03. The summed E-state index contributed by atoms with van der Waals surface area (Å²) in [6.45, 7) is 4.84. The number of likely N-dealkylation sites (tertiary alicyclic amines) is 1. The van der Waals surface area contributed by atoms with Gasteiger partial charge in [0.1, 0.15) is 16.6 Å². The number of carbonyl (C=O) groups excluding carboxylic acids is 2. The van der Waals surface area contributed by atoms with Crippen LogP contribution in [0.2, 0.25) is 5.02 Å². The maximum atomic E-state index is 13.4. The smallest absolute Gasteiger partial charge is 0.256 e. The predicted octanol–water partition coefficient (Wildman–Crippen LogP) is 2.77. The summed E-state index contributed by atoms with van der Waals surface area (Å²) in [5.74, 6) is -2.87. The van der Waals surface area contributed by atoms with Gasteiger partial charge in [-0.05, 0) is 55.7 Å². The van der Waals surface area contributed by atoms with Crippen LogP contribution in [-0.4, -0.2) is 68.4 Å². The van der Waals surface area contributed by atoms with Gasteiger partial charge in [-0.25, -0.2) is 18.2 Å². The molecule has 0 aliphatic carbocycles. The van der Waals surface area contributed by atoms with Crippen molar-refractivity contribution >= 4 is 33.4 Å². The molecule has 2 N–H and O–H groups in total. The fraction of sp³-hybridized carbons (Fsp3) is 0.636. The Bertz CT molecular complexity index is 934. The zero-order valence-corrected chi connectivity index (χ0v) is 21.2. The zero-order chi connectivity index (χ0) is 24.8. The lowest BCUT2D eigenvalue weighted by atomic mass is 9.83. The molecule has 0 bridgehead atoms. The van der Waals surface area contributed by atoms with Gasteiger partial charge in [0.2, 0.25) is 15.9 Å². The third-order valence-corrected chi connectivity index (χ3v) is 7.96. The first-order chi connectivity index (χ1) is 15.5. The van der Waals surface area contributed by atoms with Crippen LogP contribution in [0.25, 0.3) is 0 Å². The van der Waals surface area contributed by atoms with Crippen molar-refractivity contribution in [3.8, 4) is 5.75 Å². The lowest BCUT2D eigenvalue weighted by Crippen LogP contribution is -2.50. The number of benzene rings is 1. The van der Waals surface area contributed by atoms with E-state index in [9.17, 15) is 23.2 Å². The number of carbonyl (C=O) groups is 2. The highest BCUT2D eigenvalue weighted by Crippen LogP contribution is 2.32. The molecule has 0 unspecified atom stereocenters. The number of piperidine rings is 1. The molecule has 1 heterocycles. The van der Waals surface area contributed by atoms with Crippen LogP contribution in [0.5, 0.6) is 5.75 Å². The molecule has 1 aromatic rings. The summed E-state index contributed by atoms with van der Waals surface area (Å²) < 4.78 is 33.0. The van der Waals surface area contributed by atoms with Crippen molar-refractivity contribution in [1.82, 2.24) is 14.7 Å². The molecule has 1 aliphatic heterocycles. The number of halogens is 1. The number of methoxy groups -OCH3 is 1. The van der Waals surface area contributed by atoms with Gasteiger partial charge in [0, 0.05) is 31.7 Å². The van der Waals surface area contributed by atoms with Crippen LogP contribution in [0.15, 0.2) is 23.1 Å². The van der Waals surface area contributed by atoms with Gasteiger partial charge in [-0.15, -0.1) is 0 Å². The molecule has 0 aromatic heterocycles. The maximum Gasteiger partial charge on any atom is 0.256 e. The molecule has 1 fully saturated rings. The second-order valence-electron chi connectivity index (χ2n) is 8.81. The van der Waals surface area contributed by atoms with Crippen LogP contribution < -0.4 is 10.2 Å². The summed E-state index contributed by atoms with van der Waals surface area (Å²) in [4.78, 5) is 27.5. The minimum atomic E-state index is -4.05. The number of nitrogens with zero attached hydrogens (tertiary/aromatic N) is 2. The number of sulfonamides is 1. The first kappa shape index (κ1) is 27.4. The van der Waals surface area contributed by atoms with Gasteiger partial charge in [0.05, 0.1) is 7.11 Å². The van der Waals surface area contributed by atoms with Gasteiger partial charge >= 0.3 is 0 Å². The van der Waals surface area contributed by atoms with Gasteiger partial charge in [0.25, 0.3) is 5.91 Å². The van der Waals surface area contributed by atoms with E-state index in [1.165, 1.54) is 32.4 Å². The molecule has 1 aliphatic rings. The summed E-state index contributed by atoms with van der Waals surface area (Å²) in [6.07, 6.45) is 3.11. The number of hydrogen-bond acceptors (Lipinski definition) is 6. The highest BCUT2D eigenvalue weighted by molar-refractivity contribution is 7.89. The van der Waals surface area contributed by atoms with E-state index in [1.807, 2.05) is 13.8 Å². The number of hydroxylamine groups is 1. The van der Waals surface area contributed by atoms with E-state index in [0.717, 1.165) is 23.6 Å². The molecule has 2 amide bonds. The van der Waals surface area contributed by atoms with Crippen LogP contribution in [-0.2, 0) is 19.6 Å². The molecule has 0 saturated carbocycles. The highest BCUT2D eigenvalue weighted by Gasteiger charge is 2.40. The van der Waals surface area contributed by atoms with Gasteiger partial charge < -0.3 is 9.64 Å². The van der Waals surface area contributed by atoms with E-state index in [0.29, 0.717) is 19.5 Å². The Labute approximate surface area is 201 Å². The number of ether oxygens (including phenoxy) is 1. The monoisotopic (exact) mass is 503 g/mol. The minimum Gasteiger partial charge on any atom is -0.495 e. The number of amides is 2. The van der Waals surface area contributed by atoms with E-state index >= 15 is 0 Å². The standard InChI is InChI=1S/C22H34ClN3O6S/c1-15(2)12-16(20(21(27)24-29)22(28)26-10-6-5-7-11-26)14-25(3)33(30,31)19-13-17(23)8-9-18(19)32-4/h8-9,13,15-16,20,29H,5-7,10-12,14H2,1-4H3,(H,24,27)/t16-,20+/m0/s1. The summed E-state index contributed by atoms with van der Waals surface area (Å²) in [5.41, 5.74) is 1.62. The van der Waals surface area contributed by atoms with Gasteiger partial charge in [-0.2, -0.15) is 0 Å². The number of hydrogen-bond donors (Lipinski definition) is 2. The fourth-order valence-electron chi connectivity index (χ4n) is 4.28. The average molecular weight is 504 g/mol. The largest absolute Gasteiger partial charge is 0.495 e. The molecular weight excluding hydrogens is 470 g/mol.